The fourth-order valence-electron chi connectivity index (χ4n) is 0.761. The highest BCUT2D eigenvalue weighted by Crippen LogP contribution is 2.10. The molecule has 3 heteroatoms. The number of carbonyl (C=O) groups is 1. The Bertz CT molecular complexity index is 301. The first-order valence-electron chi connectivity index (χ1n) is 3.52. The molecule has 0 saturated carbocycles. The largest absolute Gasteiger partial charge is 0.478 e. The van der Waals surface area contributed by atoms with E-state index in [4.69, 9.17) is 5.11 Å². The fraction of sp³-hybridized carbons (Fsp3) is 0.111. The number of hydrogen-bond acceptors (Lipinski definition) is 1. The zero-order chi connectivity index (χ0) is 8.97. The van der Waals surface area contributed by atoms with E-state index in [-0.39, 0.29) is 0 Å². The molecular formula is C9H10O2S. The van der Waals surface area contributed by atoms with Crippen LogP contribution in [0.4, 0.5) is 0 Å². The molecular weight excluding hydrogens is 172 g/mol. The van der Waals surface area contributed by atoms with Gasteiger partial charge in [-0.2, -0.15) is 11.4 Å². The Labute approximate surface area is 74.8 Å². The summed E-state index contributed by atoms with van der Waals surface area (Å²) in [5.74, 6) is -0.878. The van der Waals surface area contributed by atoms with Crippen molar-refractivity contribution in [1.29, 1.82) is 0 Å². The maximum absolute atomic E-state index is 10.2. The zero-order valence-electron chi connectivity index (χ0n) is 6.69. The minimum Gasteiger partial charge on any atom is -0.478 e. The van der Waals surface area contributed by atoms with Crippen molar-refractivity contribution in [3.05, 3.63) is 29.8 Å². The van der Waals surface area contributed by atoms with Crippen LogP contribution < -0.4 is 0 Å². The quantitative estimate of drug-likeness (QED) is 0.539. The van der Waals surface area contributed by atoms with E-state index in [1.54, 1.807) is 0 Å². The molecule has 2 nitrogen and oxygen atoms in total. The summed E-state index contributed by atoms with van der Waals surface area (Å²) in [4.78, 5) is 11.2. The summed E-state index contributed by atoms with van der Waals surface area (Å²) in [6, 6.07) is 7.79. The summed E-state index contributed by atoms with van der Waals surface area (Å²) in [5, 5.41) is 9.59. The van der Waals surface area contributed by atoms with E-state index in [9.17, 15) is 4.79 Å². The van der Waals surface area contributed by atoms with Crippen LogP contribution >= 0.6 is 11.4 Å². The number of benzene rings is 1. The van der Waals surface area contributed by atoms with Gasteiger partial charge in [0.05, 0.1) is 0 Å². The lowest BCUT2D eigenvalue weighted by atomic mass is 10.2. The van der Waals surface area contributed by atoms with Crippen molar-refractivity contribution >= 4 is 22.7 Å². The molecule has 0 bridgehead atoms. The molecule has 0 saturated heterocycles. The van der Waals surface area contributed by atoms with Gasteiger partial charge < -0.3 is 5.11 Å². The topological polar surface area (TPSA) is 37.3 Å². The Balaban J connectivity index is 2.77. The Morgan fingerprint density at radius 1 is 1.42 bits per heavy atom. The van der Waals surface area contributed by atoms with Crippen LogP contribution in [0, 0.1) is 6.92 Å². The minimum absolute atomic E-state index is 0.735. The van der Waals surface area contributed by atoms with Gasteiger partial charge in [-0.1, -0.05) is 17.7 Å². The number of carboxylic acid groups (broad SMARTS) is 1. The third-order valence-electron chi connectivity index (χ3n) is 1.36. The van der Waals surface area contributed by atoms with E-state index in [2.05, 4.69) is 0 Å². The van der Waals surface area contributed by atoms with E-state index >= 15 is 0 Å². The van der Waals surface area contributed by atoms with E-state index in [1.165, 1.54) is 10.9 Å². The van der Waals surface area contributed by atoms with Gasteiger partial charge in [0.25, 0.3) is 0 Å². The molecule has 0 aliphatic heterocycles. The number of carboxylic acids is 1. The van der Waals surface area contributed by atoms with Crippen LogP contribution in [0.2, 0.25) is 0 Å². The van der Waals surface area contributed by atoms with Gasteiger partial charge in [-0.05, 0) is 24.0 Å². The van der Waals surface area contributed by atoms with Crippen molar-refractivity contribution in [1.82, 2.24) is 0 Å². The first kappa shape index (κ1) is 9.00. The first-order valence-corrected chi connectivity index (χ1v) is 4.48. The van der Waals surface area contributed by atoms with Gasteiger partial charge >= 0.3 is 5.97 Å². The van der Waals surface area contributed by atoms with Gasteiger partial charge in [0, 0.05) is 5.37 Å². The average molecular weight is 182 g/mol. The molecule has 12 heavy (non-hydrogen) atoms. The molecule has 0 spiro atoms. The second-order valence-electron chi connectivity index (χ2n) is 2.43. The monoisotopic (exact) mass is 182 g/mol. The summed E-state index contributed by atoms with van der Waals surface area (Å²) in [5.41, 5.74) is 1.18. The molecule has 0 radical (unpaired) electrons. The predicted molar refractivity (Wildman–Crippen MR) is 52.1 cm³/mol. The average Bonchev–Trinajstić information content (AvgIpc) is 2.03. The van der Waals surface area contributed by atoms with Gasteiger partial charge in [0.2, 0.25) is 0 Å². The number of hydrogen-bond donors (Lipinski definition) is 2. The summed E-state index contributed by atoms with van der Waals surface area (Å²) < 4.78 is 0. The number of thiol groups is 1. The molecule has 1 rings (SSSR count). The van der Waals surface area contributed by atoms with E-state index in [0.717, 1.165) is 16.2 Å². The van der Waals surface area contributed by atoms with Crippen LogP contribution in [0.5, 0.6) is 0 Å². The lowest BCUT2D eigenvalue weighted by Crippen LogP contribution is -1.92. The van der Waals surface area contributed by atoms with E-state index in [0.29, 0.717) is 0 Å². The lowest BCUT2D eigenvalue weighted by Gasteiger charge is -1.93. The second kappa shape index (κ2) is 4.07. The van der Waals surface area contributed by atoms with Crippen molar-refractivity contribution < 1.29 is 9.90 Å². The fourth-order valence-corrected chi connectivity index (χ4v) is 1.34. The Kier molecular flexibility index (Phi) is 3.05. The highest BCUT2D eigenvalue weighted by Gasteiger charge is 1.87. The van der Waals surface area contributed by atoms with E-state index in [1.807, 2.05) is 31.2 Å². The van der Waals surface area contributed by atoms with Crippen molar-refractivity contribution in [2.24, 2.45) is 0 Å². The number of aryl methyl sites for hydroxylation is 1. The maximum Gasteiger partial charge on any atom is 0.334 e. The zero-order valence-corrected chi connectivity index (χ0v) is 7.58. The third kappa shape index (κ3) is 2.88. The Hall–Kier alpha value is -1.09. The number of rotatable bonds is 2. The summed E-state index contributed by atoms with van der Waals surface area (Å²) >= 11 is 0.735. The van der Waals surface area contributed by atoms with Crippen LogP contribution in [-0.4, -0.2) is 16.4 Å². The van der Waals surface area contributed by atoms with Crippen molar-refractivity contribution in [3.8, 4) is 0 Å². The van der Waals surface area contributed by atoms with Gasteiger partial charge in [-0.15, -0.1) is 0 Å². The SMILES string of the molecule is Cc1ccc([SH]=CC(=O)O)cc1. The molecule has 1 aromatic rings. The first-order chi connectivity index (χ1) is 5.68. The van der Waals surface area contributed by atoms with Crippen LogP contribution in [0.25, 0.3) is 0 Å². The van der Waals surface area contributed by atoms with Crippen LogP contribution in [0.15, 0.2) is 29.2 Å². The van der Waals surface area contributed by atoms with E-state index < -0.39 is 5.97 Å². The lowest BCUT2D eigenvalue weighted by molar-refractivity contribution is -0.128. The summed E-state index contributed by atoms with van der Waals surface area (Å²) in [7, 11) is 0. The normalized spacial score (nSPS) is 11.1. The third-order valence-corrected chi connectivity index (χ3v) is 2.30. The molecule has 0 atom stereocenters. The highest BCUT2D eigenvalue weighted by molar-refractivity contribution is 7.98. The molecule has 1 N–H and O–H groups in total. The standard InChI is InChI=1S/C9H10O2S/c1-7-2-4-8(5-3-7)12-6-9(10)11/h2-6,12H,1H3,(H,10,11). The Morgan fingerprint density at radius 3 is 2.50 bits per heavy atom. The molecule has 0 aliphatic carbocycles. The number of aliphatic carboxylic acids is 1. The van der Waals surface area contributed by atoms with Crippen molar-refractivity contribution in [2.45, 2.75) is 11.8 Å². The van der Waals surface area contributed by atoms with Gasteiger partial charge in [-0.25, -0.2) is 4.79 Å². The Morgan fingerprint density at radius 2 is 2.00 bits per heavy atom. The van der Waals surface area contributed by atoms with Crippen molar-refractivity contribution in [2.75, 3.05) is 0 Å². The maximum atomic E-state index is 10.2. The molecule has 0 aromatic heterocycles. The summed E-state index contributed by atoms with van der Waals surface area (Å²) in [6.45, 7) is 2.00. The minimum atomic E-state index is -0.878. The van der Waals surface area contributed by atoms with Gasteiger partial charge in [-0.3, -0.25) is 0 Å². The van der Waals surface area contributed by atoms with Gasteiger partial charge in [0.1, 0.15) is 0 Å². The highest BCUT2D eigenvalue weighted by atomic mass is 32.1. The molecule has 0 amide bonds. The molecule has 0 fully saturated rings. The van der Waals surface area contributed by atoms with Crippen LogP contribution in [0.1, 0.15) is 5.56 Å². The summed E-state index contributed by atoms with van der Waals surface area (Å²) in [6.07, 6.45) is 0. The molecule has 64 valence electrons. The second-order valence-corrected chi connectivity index (χ2v) is 3.46. The molecule has 1 aromatic carbocycles. The van der Waals surface area contributed by atoms with Crippen LogP contribution in [0.3, 0.4) is 0 Å². The molecule has 0 aliphatic rings. The predicted octanol–water partition coefficient (Wildman–Crippen LogP) is 1.71. The van der Waals surface area contributed by atoms with Crippen LogP contribution in [-0.2, 0) is 4.79 Å². The molecule has 0 heterocycles. The smallest absolute Gasteiger partial charge is 0.334 e. The van der Waals surface area contributed by atoms with Crippen molar-refractivity contribution in [3.63, 3.8) is 0 Å². The molecule has 0 unspecified atom stereocenters. The van der Waals surface area contributed by atoms with Gasteiger partial charge in [0.15, 0.2) is 0 Å².